The van der Waals surface area contributed by atoms with Gasteiger partial charge in [-0.05, 0) is 41.5 Å². The maximum atomic E-state index is 15.0. The average Bonchev–Trinajstić information content (AvgIpc) is 3.52. The zero-order valence-electron chi connectivity index (χ0n) is 23.1. The Bertz CT molecular complexity index is 1780. The van der Waals surface area contributed by atoms with Crippen molar-refractivity contribution in [2.75, 3.05) is 24.4 Å². The molecule has 0 saturated carbocycles. The van der Waals surface area contributed by atoms with Crippen LogP contribution in [0, 0.1) is 5.92 Å². The summed E-state index contributed by atoms with van der Waals surface area (Å²) in [5.41, 5.74) is 2.50. The molecule has 1 amide bonds. The largest absolute Gasteiger partial charge is 0.493 e. The van der Waals surface area contributed by atoms with Crippen molar-refractivity contribution in [1.29, 1.82) is 0 Å². The number of hydrogen-bond donors (Lipinski definition) is 1. The van der Waals surface area contributed by atoms with Gasteiger partial charge in [-0.3, -0.25) is 14.4 Å². The number of ketones is 2. The smallest absolute Gasteiger partial charge is 0.238 e. The van der Waals surface area contributed by atoms with E-state index in [9.17, 15) is 14.4 Å². The number of anilines is 2. The Morgan fingerprint density at radius 1 is 0.786 bits per heavy atom. The summed E-state index contributed by atoms with van der Waals surface area (Å²) in [6, 6.07) is 27.6. The van der Waals surface area contributed by atoms with Crippen LogP contribution in [0.2, 0.25) is 0 Å². The summed E-state index contributed by atoms with van der Waals surface area (Å²) in [6.45, 7) is 0. The number of Topliss-reactive ketones (excluding diaryl/α,β-unsaturated/α-hetero) is 2. The Kier molecular flexibility index (Phi) is 5.97. The monoisotopic (exact) mass is 556 g/mol. The fourth-order valence-corrected chi connectivity index (χ4v) is 7.06. The van der Waals surface area contributed by atoms with Crippen LogP contribution in [0.4, 0.5) is 11.4 Å². The summed E-state index contributed by atoms with van der Waals surface area (Å²) in [6.07, 6.45) is 3.96. The molecule has 4 aromatic rings. The lowest BCUT2D eigenvalue weighted by Gasteiger charge is -2.37. The molecule has 42 heavy (non-hydrogen) atoms. The SMILES string of the molecule is COc1ccc(C(=O)[C@H]2[C@@H](C(=O)c3ccccc3)N3c4ccccc4C=C[C@@H]3[C@]23C(=O)Nc2ccccc23)cc1OC. The van der Waals surface area contributed by atoms with Crippen LogP contribution in [0.3, 0.4) is 0 Å². The highest BCUT2D eigenvalue weighted by atomic mass is 16.5. The van der Waals surface area contributed by atoms with Crippen LogP contribution in [0.5, 0.6) is 11.5 Å². The van der Waals surface area contributed by atoms with Gasteiger partial charge in [-0.1, -0.05) is 78.9 Å². The van der Waals surface area contributed by atoms with E-state index in [2.05, 4.69) is 5.32 Å². The molecule has 1 spiro atoms. The number of methoxy groups -OCH3 is 2. The quantitative estimate of drug-likeness (QED) is 0.313. The molecule has 0 bridgehead atoms. The first-order valence-electron chi connectivity index (χ1n) is 13.8. The van der Waals surface area contributed by atoms with Crippen molar-refractivity contribution in [1.82, 2.24) is 0 Å². The number of hydrogen-bond acceptors (Lipinski definition) is 6. The van der Waals surface area contributed by atoms with Crippen molar-refractivity contribution in [3.05, 3.63) is 125 Å². The second-order valence-electron chi connectivity index (χ2n) is 10.7. The molecular weight excluding hydrogens is 528 g/mol. The third-order valence-corrected chi connectivity index (χ3v) is 8.82. The van der Waals surface area contributed by atoms with E-state index in [1.165, 1.54) is 14.2 Å². The number of amides is 1. The van der Waals surface area contributed by atoms with Gasteiger partial charge in [0.1, 0.15) is 11.5 Å². The van der Waals surface area contributed by atoms with Gasteiger partial charge in [-0.2, -0.15) is 0 Å². The summed E-state index contributed by atoms with van der Waals surface area (Å²) >= 11 is 0. The highest BCUT2D eigenvalue weighted by Crippen LogP contribution is 2.58. The Morgan fingerprint density at radius 2 is 1.50 bits per heavy atom. The summed E-state index contributed by atoms with van der Waals surface area (Å²) in [5, 5.41) is 3.06. The van der Waals surface area contributed by atoms with Crippen molar-refractivity contribution in [2.24, 2.45) is 5.92 Å². The zero-order chi connectivity index (χ0) is 29.0. The third-order valence-electron chi connectivity index (χ3n) is 8.82. The molecule has 1 N–H and O–H groups in total. The lowest BCUT2D eigenvalue weighted by molar-refractivity contribution is -0.121. The molecule has 0 radical (unpaired) electrons. The molecule has 7 nitrogen and oxygen atoms in total. The molecule has 0 aliphatic carbocycles. The predicted molar refractivity (Wildman–Crippen MR) is 160 cm³/mol. The minimum Gasteiger partial charge on any atom is -0.493 e. The number of fused-ring (bicyclic) bond motifs is 6. The van der Waals surface area contributed by atoms with Gasteiger partial charge in [0.15, 0.2) is 23.1 Å². The maximum absolute atomic E-state index is 15.0. The van der Waals surface area contributed by atoms with Gasteiger partial charge in [0.25, 0.3) is 0 Å². The van der Waals surface area contributed by atoms with E-state index in [4.69, 9.17) is 9.47 Å². The summed E-state index contributed by atoms with van der Waals surface area (Å²) in [7, 11) is 3.04. The number of carbonyl (C=O) groups is 3. The van der Waals surface area contributed by atoms with E-state index in [1.807, 2.05) is 83.8 Å². The molecule has 4 atom stereocenters. The molecule has 3 aliphatic rings. The van der Waals surface area contributed by atoms with E-state index in [1.54, 1.807) is 30.3 Å². The number of benzene rings is 4. The van der Waals surface area contributed by atoms with E-state index in [-0.39, 0.29) is 17.5 Å². The van der Waals surface area contributed by atoms with Gasteiger partial charge in [-0.25, -0.2) is 0 Å². The minimum absolute atomic E-state index is 0.224. The molecule has 208 valence electrons. The Morgan fingerprint density at radius 3 is 2.29 bits per heavy atom. The van der Waals surface area contributed by atoms with Crippen molar-refractivity contribution in [3.63, 3.8) is 0 Å². The number of carbonyl (C=O) groups excluding carboxylic acids is 3. The summed E-state index contributed by atoms with van der Waals surface area (Å²) in [4.78, 5) is 46.0. The predicted octanol–water partition coefficient (Wildman–Crippen LogP) is 5.56. The molecule has 1 fully saturated rings. The summed E-state index contributed by atoms with van der Waals surface area (Å²) in [5.74, 6) is -1.04. The van der Waals surface area contributed by atoms with Crippen LogP contribution in [0.1, 0.15) is 31.8 Å². The maximum Gasteiger partial charge on any atom is 0.238 e. The lowest BCUT2D eigenvalue weighted by Crippen LogP contribution is -2.51. The zero-order valence-corrected chi connectivity index (χ0v) is 23.1. The molecule has 3 heterocycles. The second-order valence-corrected chi connectivity index (χ2v) is 10.7. The van der Waals surface area contributed by atoms with Gasteiger partial charge in [0.05, 0.1) is 26.2 Å². The number of nitrogens with zero attached hydrogens (tertiary/aromatic N) is 1. The summed E-state index contributed by atoms with van der Waals surface area (Å²) < 4.78 is 10.9. The molecule has 1 saturated heterocycles. The fraction of sp³-hybridized carbons (Fsp3) is 0.171. The molecule has 0 unspecified atom stereocenters. The van der Waals surface area contributed by atoms with Crippen LogP contribution in [-0.4, -0.2) is 43.8 Å². The highest BCUT2D eigenvalue weighted by molar-refractivity contribution is 6.18. The first-order chi connectivity index (χ1) is 20.5. The van der Waals surface area contributed by atoms with Crippen LogP contribution >= 0.6 is 0 Å². The molecule has 4 aromatic carbocycles. The van der Waals surface area contributed by atoms with Gasteiger partial charge >= 0.3 is 0 Å². The van der Waals surface area contributed by atoms with Crippen LogP contribution in [0.15, 0.2) is 103 Å². The van der Waals surface area contributed by atoms with Crippen molar-refractivity contribution in [2.45, 2.75) is 17.5 Å². The van der Waals surface area contributed by atoms with Crippen LogP contribution in [-0.2, 0) is 10.2 Å². The van der Waals surface area contributed by atoms with Gasteiger partial charge in [0.2, 0.25) is 5.91 Å². The lowest BCUT2D eigenvalue weighted by atomic mass is 9.64. The first kappa shape index (κ1) is 25.8. The average molecular weight is 557 g/mol. The van der Waals surface area contributed by atoms with E-state index in [0.717, 1.165) is 11.3 Å². The molecular formula is C35H28N2O5. The number of rotatable bonds is 6. The topological polar surface area (TPSA) is 84.9 Å². The number of para-hydroxylation sites is 2. The standard InChI is InChI=1S/C35H28N2O5/c1-41-27-18-16-23(20-28(27)42-2)32(38)30-31(33(39)22-11-4-3-5-12-22)37-26-15-9-6-10-21(26)17-19-29(37)35(30)24-13-7-8-14-25(24)36-34(35)40/h3-20,29-31H,1-2H3,(H,36,40)/t29-,30-,31+,35+/m1/s1. The normalized spacial score (nSPS) is 23.1. The van der Waals surface area contributed by atoms with E-state index >= 15 is 0 Å². The third kappa shape index (κ3) is 3.49. The Labute approximate surface area is 243 Å². The molecule has 0 aromatic heterocycles. The minimum atomic E-state index is -1.38. The molecule has 7 rings (SSSR count). The van der Waals surface area contributed by atoms with Gasteiger partial charge in [-0.15, -0.1) is 0 Å². The first-order valence-corrected chi connectivity index (χ1v) is 13.8. The highest BCUT2D eigenvalue weighted by Gasteiger charge is 2.70. The van der Waals surface area contributed by atoms with Crippen molar-refractivity contribution < 1.29 is 23.9 Å². The van der Waals surface area contributed by atoms with Crippen LogP contribution in [0.25, 0.3) is 6.08 Å². The van der Waals surface area contributed by atoms with Crippen LogP contribution < -0.4 is 19.7 Å². The van der Waals surface area contributed by atoms with Crippen molar-refractivity contribution in [3.8, 4) is 11.5 Å². The Hall–Kier alpha value is -5.17. The number of ether oxygens (including phenoxy) is 2. The number of nitrogens with one attached hydrogen (secondary N) is 1. The van der Waals surface area contributed by atoms with Gasteiger partial charge in [0, 0.05) is 22.5 Å². The molecule has 7 heteroatoms. The second kappa shape index (κ2) is 9.73. The van der Waals surface area contributed by atoms with Crippen molar-refractivity contribution >= 4 is 34.9 Å². The van der Waals surface area contributed by atoms with E-state index < -0.39 is 23.4 Å². The van der Waals surface area contributed by atoms with Gasteiger partial charge < -0.3 is 19.7 Å². The Balaban J connectivity index is 1.53. The van der Waals surface area contributed by atoms with E-state index in [0.29, 0.717) is 33.9 Å². The molecule has 3 aliphatic heterocycles. The fourth-order valence-electron chi connectivity index (χ4n) is 7.06.